The first kappa shape index (κ1) is 10.9. The van der Waals surface area contributed by atoms with E-state index in [4.69, 9.17) is 19.3 Å². The number of methoxy groups -OCH3 is 2. The van der Waals surface area contributed by atoms with Crippen molar-refractivity contribution < 1.29 is 24.4 Å². The minimum Gasteiger partial charge on any atom is -0.394 e. The maximum Gasteiger partial charge on any atom is 0.114 e. The van der Waals surface area contributed by atoms with Crippen LogP contribution in [0.15, 0.2) is 0 Å². The molecule has 1 saturated heterocycles. The molecule has 0 saturated carbocycles. The Morgan fingerprint density at radius 3 is 2.38 bits per heavy atom. The number of aliphatic hydroxyl groups is 2. The second-order valence-electron chi connectivity index (χ2n) is 3.02. The van der Waals surface area contributed by atoms with Gasteiger partial charge < -0.3 is 24.4 Å². The molecule has 78 valence electrons. The number of ether oxygens (including phenoxy) is 3. The first-order valence-corrected chi connectivity index (χ1v) is 4.20. The van der Waals surface area contributed by atoms with Crippen LogP contribution in [0.2, 0.25) is 0 Å². The summed E-state index contributed by atoms with van der Waals surface area (Å²) in [5.74, 6) is 0. The molecular weight excluding hydrogens is 176 g/mol. The summed E-state index contributed by atoms with van der Waals surface area (Å²) in [6.45, 7) is 0.0364. The number of hydrogen-bond acceptors (Lipinski definition) is 5. The Morgan fingerprint density at radius 2 is 1.92 bits per heavy atom. The second kappa shape index (κ2) is 4.88. The Labute approximate surface area is 77.2 Å². The van der Waals surface area contributed by atoms with Crippen LogP contribution in [0.3, 0.4) is 0 Å². The first-order valence-electron chi connectivity index (χ1n) is 4.20. The van der Waals surface area contributed by atoms with E-state index in [-0.39, 0.29) is 13.2 Å². The molecule has 1 heterocycles. The van der Waals surface area contributed by atoms with Crippen molar-refractivity contribution in [3.63, 3.8) is 0 Å². The third-order valence-corrected chi connectivity index (χ3v) is 2.27. The van der Waals surface area contributed by atoms with E-state index in [9.17, 15) is 5.11 Å². The van der Waals surface area contributed by atoms with Crippen LogP contribution >= 0.6 is 0 Å². The molecule has 1 aliphatic rings. The lowest BCUT2D eigenvalue weighted by atomic mass is 10.0. The van der Waals surface area contributed by atoms with Gasteiger partial charge in [0.05, 0.1) is 13.2 Å². The molecule has 5 nitrogen and oxygen atoms in total. The fraction of sp³-hybridized carbons (Fsp3) is 1.00. The van der Waals surface area contributed by atoms with Crippen LogP contribution < -0.4 is 0 Å². The fourth-order valence-electron chi connectivity index (χ4n) is 1.58. The third kappa shape index (κ3) is 2.18. The van der Waals surface area contributed by atoms with Crippen molar-refractivity contribution in [2.24, 2.45) is 0 Å². The van der Waals surface area contributed by atoms with Gasteiger partial charge in [-0.05, 0) is 0 Å². The zero-order valence-electron chi connectivity index (χ0n) is 7.84. The normalized spacial score (nSPS) is 40.6. The molecule has 0 aromatic rings. The summed E-state index contributed by atoms with van der Waals surface area (Å²) in [4.78, 5) is 0. The molecule has 2 N–H and O–H groups in total. The molecule has 1 fully saturated rings. The highest BCUT2D eigenvalue weighted by atomic mass is 16.6. The van der Waals surface area contributed by atoms with Gasteiger partial charge in [0, 0.05) is 14.2 Å². The van der Waals surface area contributed by atoms with E-state index in [1.807, 2.05) is 0 Å². The van der Waals surface area contributed by atoms with Crippen LogP contribution in [0.1, 0.15) is 0 Å². The van der Waals surface area contributed by atoms with Gasteiger partial charge in [-0.1, -0.05) is 0 Å². The zero-order chi connectivity index (χ0) is 9.84. The molecule has 4 atom stereocenters. The molecule has 0 aromatic heterocycles. The van der Waals surface area contributed by atoms with E-state index in [0.717, 1.165) is 0 Å². The molecular formula is C8H16O5. The lowest BCUT2D eigenvalue weighted by Crippen LogP contribution is -2.55. The summed E-state index contributed by atoms with van der Waals surface area (Å²) in [6, 6.07) is 0. The van der Waals surface area contributed by atoms with E-state index < -0.39 is 24.4 Å². The van der Waals surface area contributed by atoms with Gasteiger partial charge in [0.1, 0.15) is 24.4 Å². The molecule has 0 aromatic carbocycles. The van der Waals surface area contributed by atoms with Crippen LogP contribution in [0.25, 0.3) is 0 Å². The summed E-state index contributed by atoms with van der Waals surface area (Å²) in [7, 11) is 3.00. The lowest BCUT2D eigenvalue weighted by molar-refractivity contribution is -0.211. The smallest absolute Gasteiger partial charge is 0.114 e. The van der Waals surface area contributed by atoms with E-state index in [1.165, 1.54) is 14.2 Å². The van der Waals surface area contributed by atoms with Crippen molar-refractivity contribution in [2.45, 2.75) is 24.4 Å². The SMILES string of the molecule is CO[C@@H]1[C@H](OC)[C@@H](O)CO[C@@H]1CO. The minimum atomic E-state index is -0.697. The van der Waals surface area contributed by atoms with Crippen LogP contribution in [-0.2, 0) is 14.2 Å². The number of rotatable bonds is 3. The zero-order valence-corrected chi connectivity index (χ0v) is 7.84. The van der Waals surface area contributed by atoms with Crippen molar-refractivity contribution in [1.29, 1.82) is 0 Å². The highest BCUT2D eigenvalue weighted by molar-refractivity contribution is 4.88. The van der Waals surface area contributed by atoms with Gasteiger partial charge in [-0.25, -0.2) is 0 Å². The predicted molar refractivity (Wildman–Crippen MR) is 44.4 cm³/mol. The van der Waals surface area contributed by atoms with Crippen LogP contribution in [-0.4, -0.2) is 62.1 Å². The van der Waals surface area contributed by atoms with Gasteiger partial charge in [-0.2, -0.15) is 0 Å². The first-order chi connectivity index (χ1) is 6.24. The van der Waals surface area contributed by atoms with Crippen molar-refractivity contribution in [3.05, 3.63) is 0 Å². The van der Waals surface area contributed by atoms with E-state index >= 15 is 0 Å². The minimum absolute atomic E-state index is 0.134. The standard InChI is InChI=1S/C8H16O5/c1-11-7-5(10)4-13-6(3-9)8(7)12-2/h5-10H,3-4H2,1-2H3/t5-,6+,7+,8-/m0/s1. The highest BCUT2D eigenvalue weighted by Gasteiger charge is 2.39. The summed E-state index contributed by atoms with van der Waals surface area (Å²) in [6.07, 6.45) is -1.97. The van der Waals surface area contributed by atoms with Gasteiger partial charge in [-0.15, -0.1) is 0 Å². The average Bonchev–Trinajstić information content (AvgIpc) is 2.17. The molecule has 1 rings (SSSR count). The van der Waals surface area contributed by atoms with Crippen molar-refractivity contribution in [3.8, 4) is 0 Å². The van der Waals surface area contributed by atoms with Crippen molar-refractivity contribution in [2.75, 3.05) is 27.4 Å². The van der Waals surface area contributed by atoms with Gasteiger partial charge in [0.25, 0.3) is 0 Å². The maximum absolute atomic E-state index is 9.47. The Hall–Kier alpha value is -0.200. The van der Waals surface area contributed by atoms with E-state index in [0.29, 0.717) is 0 Å². The van der Waals surface area contributed by atoms with Gasteiger partial charge in [-0.3, -0.25) is 0 Å². The van der Waals surface area contributed by atoms with Gasteiger partial charge in [0.15, 0.2) is 0 Å². The number of hydrogen-bond donors (Lipinski definition) is 2. The molecule has 0 spiro atoms. The van der Waals surface area contributed by atoms with Crippen LogP contribution in [0, 0.1) is 0 Å². The molecule has 0 amide bonds. The Kier molecular flexibility index (Phi) is 4.08. The molecule has 0 radical (unpaired) electrons. The predicted octanol–water partition coefficient (Wildman–Crippen LogP) is -1.23. The van der Waals surface area contributed by atoms with Crippen LogP contribution in [0.5, 0.6) is 0 Å². The van der Waals surface area contributed by atoms with Crippen molar-refractivity contribution in [1.82, 2.24) is 0 Å². The summed E-state index contributed by atoms with van der Waals surface area (Å²) in [5, 5.41) is 18.4. The highest BCUT2D eigenvalue weighted by Crippen LogP contribution is 2.19. The second-order valence-corrected chi connectivity index (χ2v) is 3.02. The Bertz CT molecular complexity index is 151. The maximum atomic E-state index is 9.47. The molecule has 5 heteroatoms. The quantitative estimate of drug-likeness (QED) is 0.586. The van der Waals surface area contributed by atoms with Gasteiger partial charge >= 0.3 is 0 Å². The summed E-state index contributed by atoms with van der Waals surface area (Å²) in [5.41, 5.74) is 0. The van der Waals surface area contributed by atoms with E-state index in [2.05, 4.69) is 0 Å². The number of aliphatic hydroxyl groups excluding tert-OH is 2. The summed E-state index contributed by atoms with van der Waals surface area (Å²) >= 11 is 0. The molecule has 13 heavy (non-hydrogen) atoms. The molecule has 1 aliphatic heterocycles. The average molecular weight is 192 g/mol. The van der Waals surface area contributed by atoms with Gasteiger partial charge in [0.2, 0.25) is 0 Å². The van der Waals surface area contributed by atoms with E-state index in [1.54, 1.807) is 0 Å². The van der Waals surface area contributed by atoms with Crippen LogP contribution in [0.4, 0.5) is 0 Å². The topological polar surface area (TPSA) is 68.2 Å². The Balaban J connectivity index is 2.64. The fourth-order valence-corrected chi connectivity index (χ4v) is 1.58. The monoisotopic (exact) mass is 192 g/mol. The Morgan fingerprint density at radius 1 is 1.31 bits per heavy atom. The lowest BCUT2D eigenvalue weighted by Gasteiger charge is -2.38. The molecule has 0 bridgehead atoms. The summed E-state index contributed by atoms with van der Waals surface area (Å²) < 4.78 is 15.3. The third-order valence-electron chi connectivity index (χ3n) is 2.27. The van der Waals surface area contributed by atoms with Crippen molar-refractivity contribution >= 4 is 0 Å². The largest absolute Gasteiger partial charge is 0.394 e. The molecule has 0 aliphatic carbocycles. The molecule has 0 unspecified atom stereocenters.